The van der Waals surface area contributed by atoms with Crippen molar-refractivity contribution >= 4 is 15.8 Å². The topological polar surface area (TPSA) is 84.4 Å². The second-order valence-electron chi connectivity index (χ2n) is 7.28. The molecule has 0 bridgehead atoms. The molecule has 0 saturated carbocycles. The molecular weight excluding hydrogens is 376 g/mol. The Morgan fingerprint density at radius 3 is 2.32 bits per heavy atom. The average Bonchev–Trinajstić information content (AvgIpc) is 3.12. The van der Waals surface area contributed by atoms with E-state index in [0.29, 0.717) is 16.6 Å². The van der Waals surface area contributed by atoms with E-state index < -0.39 is 10.0 Å². The van der Waals surface area contributed by atoms with Crippen molar-refractivity contribution in [2.45, 2.75) is 45.4 Å². The summed E-state index contributed by atoms with van der Waals surface area (Å²) in [6.07, 6.45) is 2.33. The third kappa shape index (κ3) is 4.80. The summed E-state index contributed by atoms with van der Waals surface area (Å²) in [4.78, 5) is 11.3. The maximum absolute atomic E-state index is 12.7. The van der Waals surface area contributed by atoms with Crippen LogP contribution in [0.25, 0.3) is 0 Å². The Hall–Kier alpha value is -2.19. The van der Waals surface area contributed by atoms with Gasteiger partial charge in [-0.3, -0.25) is 0 Å². The zero-order valence-electron chi connectivity index (χ0n) is 16.9. The highest BCUT2D eigenvalue weighted by Gasteiger charge is 2.20. The van der Waals surface area contributed by atoms with Crippen molar-refractivity contribution in [3.05, 3.63) is 40.7 Å². The van der Waals surface area contributed by atoms with Crippen LogP contribution in [0.4, 0.5) is 5.82 Å². The predicted molar refractivity (Wildman–Crippen MR) is 110 cm³/mol. The molecule has 1 aliphatic heterocycles. The van der Waals surface area contributed by atoms with Gasteiger partial charge in [-0.05, 0) is 51.7 Å². The van der Waals surface area contributed by atoms with Gasteiger partial charge < -0.3 is 9.64 Å². The van der Waals surface area contributed by atoms with Gasteiger partial charge in [0.25, 0.3) is 0 Å². The summed E-state index contributed by atoms with van der Waals surface area (Å²) in [7, 11) is -3.59. The van der Waals surface area contributed by atoms with Crippen LogP contribution >= 0.6 is 0 Å². The van der Waals surface area contributed by atoms with Crippen LogP contribution in [0.1, 0.15) is 35.4 Å². The lowest BCUT2D eigenvalue weighted by Gasteiger charge is -2.17. The fourth-order valence-electron chi connectivity index (χ4n) is 3.70. The standard InChI is InChI=1S/C20H28N4O3S/c1-14-11-15(2)20(16(3)12-14)28(25,26)21-7-10-27-19-13-18(22-17(4)23-19)24-8-5-6-9-24/h11-13,21H,5-10H2,1-4H3. The van der Waals surface area contributed by atoms with E-state index in [-0.39, 0.29) is 13.2 Å². The van der Waals surface area contributed by atoms with Crippen molar-refractivity contribution in [3.63, 3.8) is 0 Å². The van der Waals surface area contributed by atoms with Gasteiger partial charge >= 0.3 is 0 Å². The second-order valence-corrected chi connectivity index (χ2v) is 8.98. The Bertz CT molecular complexity index is 931. The minimum Gasteiger partial charge on any atom is -0.476 e. The van der Waals surface area contributed by atoms with Gasteiger partial charge in [0.15, 0.2) is 0 Å². The lowest BCUT2D eigenvalue weighted by Crippen LogP contribution is -2.29. The summed E-state index contributed by atoms with van der Waals surface area (Å²) in [6, 6.07) is 5.57. The van der Waals surface area contributed by atoms with Crippen molar-refractivity contribution in [3.8, 4) is 5.88 Å². The molecule has 152 valence electrons. The molecule has 28 heavy (non-hydrogen) atoms. The third-order valence-electron chi connectivity index (χ3n) is 4.75. The Morgan fingerprint density at radius 2 is 1.68 bits per heavy atom. The van der Waals surface area contributed by atoms with Crippen LogP contribution in [0.5, 0.6) is 5.88 Å². The number of aryl methyl sites for hydroxylation is 4. The quantitative estimate of drug-likeness (QED) is 0.714. The molecule has 2 heterocycles. The minimum absolute atomic E-state index is 0.164. The van der Waals surface area contributed by atoms with Gasteiger partial charge in [-0.2, -0.15) is 4.98 Å². The SMILES string of the molecule is Cc1cc(C)c(S(=O)(=O)NCCOc2cc(N3CCCC3)nc(C)n2)c(C)c1. The number of nitrogens with zero attached hydrogens (tertiary/aromatic N) is 3. The third-order valence-corrected chi connectivity index (χ3v) is 6.51. The van der Waals surface area contributed by atoms with Crippen LogP contribution in [0, 0.1) is 27.7 Å². The van der Waals surface area contributed by atoms with Gasteiger partial charge in [0.05, 0.1) is 4.90 Å². The number of aromatic nitrogens is 2. The van der Waals surface area contributed by atoms with E-state index in [4.69, 9.17) is 4.74 Å². The largest absolute Gasteiger partial charge is 0.476 e. The van der Waals surface area contributed by atoms with Gasteiger partial charge in [0.2, 0.25) is 15.9 Å². The van der Waals surface area contributed by atoms with Crippen molar-refractivity contribution in [2.75, 3.05) is 31.1 Å². The molecule has 0 aliphatic carbocycles. The van der Waals surface area contributed by atoms with Gasteiger partial charge in [0.1, 0.15) is 18.2 Å². The molecule has 1 aliphatic rings. The minimum atomic E-state index is -3.59. The summed E-state index contributed by atoms with van der Waals surface area (Å²) in [5.41, 5.74) is 2.53. The molecule has 1 fully saturated rings. The van der Waals surface area contributed by atoms with Gasteiger partial charge in [-0.15, -0.1) is 0 Å². The number of hydrogen-bond acceptors (Lipinski definition) is 6. The highest BCUT2D eigenvalue weighted by Crippen LogP contribution is 2.22. The van der Waals surface area contributed by atoms with E-state index >= 15 is 0 Å². The first kappa shape index (κ1) is 20.5. The lowest BCUT2D eigenvalue weighted by atomic mass is 10.1. The Morgan fingerprint density at radius 1 is 1.04 bits per heavy atom. The maximum Gasteiger partial charge on any atom is 0.241 e. The lowest BCUT2D eigenvalue weighted by molar-refractivity contribution is 0.309. The van der Waals surface area contributed by atoms with Crippen LogP contribution in [-0.2, 0) is 10.0 Å². The molecule has 0 unspecified atom stereocenters. The Labute approximate surface area is 167 Å². The van der Waals surface area contributed by atoms with Crippen molar-refractivity contribution < 1.29 is 13.2 Å². The summed E-state index contributed by atoms with van der Waals surface area (Å²) in [6.45, 7) is 9.76. The van der Waals surface area contributed by atoms with Crippen molar-refractivity contribution in [1.82, 2.24) is 14.7 Å². The molecule has 0 atom stereocenters. The molecule has 1 aromatic carbocycles. The molecule has 0 amide bonds. The number of benzene rings is 1. The van der Waals surface area contributed by atoms with E-state index in [0.717, 1.165) is 35.6 Å². The van der Waals surface area contributed by atoms with Crippen LogP contribution in [-0.4, -0.2) is 44.6 Å². The highest BCUT2D eigenvalue weighted by atomic mass is 32.2. The molecule has 1 aromatic heterocycles. The number of hydrogen-bond donors (Lipinski definition) is 1. The van der Waals surface area contributed by atoms with E-state index in [1.165, 1.54) is 12.8 Å². The van der Waals surface area contributed by atoms with E-state index in [9.17, 15) is 8.42 Å². The van der Waals surface area contributed by atoms with E-state index in [2.05, 4.69) is 19.6 Å². The van der Waals surface area contributed by atoms with Crippen molar-refractivity contribution in [2.24, 2.45) is 0 Å². The molecular formula is C20H28N4O3S. The normalized spacial score (nSPS) is 14.5. The molecule has 0 radical (unpaired) electrons. The smallest absolute Gasteiger partial charge is 0.241 e. The Kier molecular flexibility index (Phi) is 6.20. The molecule has 7 nitrogen and oxygen atoms in total. The van der Waals surface area contributed by atoms with Gasteiger partial charge in [0, 0.05) is 25.7 Å². The summed E-state index contributed by atoms with van der Waals surface area (Å²) in [5, 5.41) is 0. The molecule has 2 aromatic rings. The second kappa shape index (κ2) is 8.45. The Balaban J connectivity index is 1.61. The molecule has 1 N–H and O–H groups in total. The number of ether oxygens (including phenoxy) is 1. The fourth-order valence-corrected chi connectivity index (χ4v) is 5.16. The van der Waals surface area contributed by atoms with Crippen LogP contribution in [0.3, 0.4) is 0 Å². The first-order valence-corrected chi connectivity index (χ1v) is 11.1. The van der Waals surface area contributed by atoms with E-state index in [1.807, 2.05) is 45.9 Å². The summed E-state index contributed by atoms with van der Waals surface area (Å²) >= 11 is 0. The molecule has 8 heteroatoms. The van der Waals surface area contributed by atoms with E-state index in [1.54, 1.807) is 0 Å². The van der Waals surface area contributed by atoms with Crippen LogP contribution < -0.4 is 14.4 Å². The first-order chi connectivity index (χ1) is 13.3. The van der Waals surface area contributed by atoms with Gasteiger partial charge in [-0.1, -0.05) is 17.7 Å². The summed E-state index contributed by atoms with van der Waals surface area (Å²) < 4.78 is 33.7. The monoisotopic (exact) mass is 404 g/mol. The zero-order valence-corrected chi connectivity index (χ0v) is 17.8. The molecule has 3 rings (SSSR count). The number of rotatable bonds is 7. The first-order valence-electron chi connectivity index (χ1n) is 9.57. The zero-order chi connectivity index (χ0) is 20.3. The van der Waals surface area contributed by atoms with Crippen LogP contribution in [0.2, 0.25) is 0 Å². The highest BCUT2D eigenvalue weighted by molar-refractivity contribution is 7.89. The molecule has 1 saturated heterocycles. The van der Waals surface area contributed by atoms with Crippen LogP contribution in [0.15, 0.2) is 23.1 Å². The molecule has 0 spiro atoms. The number of sulfonamides is 1. The number of anilines is 1. The fraction of sp³-hybridized carbons (Fsp3) is 0.500. The number of nitrogens with one attached hydrogen (secondary N) is 1. The van der Waals surface area contributed by atoms with Crippen molar-refractivity contribution in [1.29, 1.82) is 0 Å². The summed E-state index contributed by atoms with van der Waals surface area (Å²) in [5.74, 6) is 1.98. The maximum atomic E-state index is 12.7. The van der Waals surface area contributed by atoms with Gasteiger partial charge in [-0.25, -0.2) is 18.1 Å². The predicted octanol–water partition coefficient (Wildman–Crippen LogP) is 2.67. The average molecular weight is 405 g/mol.